The second kappa shape index (κ2) is 13.6. The molecule has 5 aromatic rings. The van der Waals surface area contributed by atoms with Crippen LogP contribution in [0.15, 0.2) is 60.7 Å². The number of nitrogens with zero attached hydrogens (tertiary/aromatic N) is 5. The molecule has 12 nitrogen and oxygen atoms in total. The molecule has 2 aromatic heterocycles. The minimum atomic E-state index is -1.03. The lowest BCUT2D eigenvalue weighted by Gasteiger charge is -2.20. The monoisotopic (exact) mass is 610 g/mol. The number of imidazole rings is 1. The molecule has 0 saturated heterocycles. The largest absolute Gasteiger partial charge is 0.550 e. The van der Waals surface area contributed by atoms with Crippen molar-refractivity contribution in [3.63, 3.8) is 0 Å². The minimum Gasteiger partial charge on any atom is -0.465 e. The van der Waals surface area contributed by atoms with Crippen molar-refractivity contribution in [1.82, 2.24) is 30.2 Å². The Bertz CT molecular complexity index is 1780. The maximum absolute atomic E-state index is 13.3. The lowest BCUT2D eigenvalue weighted by atomic mass is 9.98. The van der Waals surface area contributed by atoms with Crippen LogP contribution in [-0.4, -0.2) is 55.0 Å². The fraction of sp³-hybridized carbons (Fsp3) is 0.333. The van der Waals surface area contributed by atoms with Crippen LogP contribution in [0.5, 0.6) is 6.01 Å². The first-order valence-corrected chi connectivity index (χ1v) is 15.2. The molecule has 0 bridgehead atoms. The van der Waals surface area contributed by atoms with Crippen molar-refractivity contribution < 1.29 is 28.8 Å². The number of nitrogens with one attached hydrogen (secondary N) is 1. The van der Waals surface area contributed by atoms with Gasteiger partial charge in [0.15, 0.2) is 5.82 Å². The predicted octanol–water partition coefficient (Wildman–Crippen LogP) is 6.45. The number of carbonyl (C=O) groups is 2. The number of aromatic amines is 1. The van der Waals surface area contributed by atoms with Crippen LogP contribution >= 0.6 is 0 Å². The van der Waals surface area contributed by atoms with Crippen molar-refractivity contribution in [2.75, 3.05) is 6.61 Å². The van der Waals surface area contributed by atoms with E-state index in [2.05, 4.69) is 20.6 Å². The Hall–Kier alpha value is -5.26. The number of aromatic nitrogens is 6. The molecular formula is C33H34N6O6. The number of hydrogen-bond acceptors (Lipinski definition) is 10. The Morgan fingerprint density at radius 2 is 1.71 bits per heavy atom. The van der Waals surface area contributed by atoms with Crippen molar-refractivity contribution in [2.45, 2.75) is 65.0 Å². The summed E-state index contributed by atoms with van der Waals surface area (Å²) in [6, 6.07) is 19.8. The average Bonchev–Trinajstić information content (AvgIpc) is 3.73. The van der Waals surface area contributed by atoms with Gasteiger partial charge >= 0.3 is 12.1 Å². The van der Waals surface area contributed by atoms with Crippen LogP contribution < -0.4 is 4.74 Å². The summed E-state index contributed by atoms with van der Waals surface area (Å²) < 4.78 is 13.1. The lowest BCUT2D eigenvalue weighted by Crippen LogP contribution is -2.22. The van der Waals surface area contributed by atoms with Crippen molar-refractivity contribution in [2.24, 2.45) is 0 Å². The van der Waals surface area contributed by atoms with Gasteiger partial charge in [0, 0.05) is 5.56 Å². The molecule has 1 fully saturated rings. The fourth-order valence-corrected chi connectivity index (χ4v) is 5.75. The molecule has 0 radical (unpaired) electrons. The van der Waals surface area contributed by atoms with E-state index in [4.69, 9.17) is 24.2 Å². The Kier molecular flexibility index (Phi) is 8.99. The Balaban J connectivity index is 1.28. The van der Waals surface area contributed by atoms with Crippen LogP contribution in [0, 0.1) is 0 Å². The number of rotatable bonds is 9. The molecule has 0 unspecified atom stereocenters. The lowest BCUT2D eigenvalue weighted by molar-refractivity contribution is -0.208. The van der Waals surface area contributed by atoms with Gasteiger partial charge in [-0.3, -0.25) is 4.57 Å². The van der Waals surface area contributed by atoms with E-state index in [0.717, 1.165) is 59.9 Å². The highest BCUT2D eigenvalue weighted by molar-refractivity contribution is 6.03. The zero-order valence-electron chi connectivity index (χ0n) is 25.2. The minimum absolute atomic E-state index is 0.192. The molecule has 45 heavy (non-hydrogen) atoms. The highest BCUT2D eigenvalue weighted by Crippen LogP contribution is 2.32. The topological polar surface area (TPSA) is 143 Å². The third kappa shape index (κ3) is 6.49. The number of tetrazole rings is 1. The molecule has 1 saturated carbocycles. The summed E-state index contributed by atoms with van der Waals surface area (Å²) in [5.41, 5.74) is 6.07. The molecule has 1 aliphatic rings. The molecule has 0 atom stereocenters. The Morgan fingerprint density at radius 3 is 2.42 bits per heavy atom. The maximum atomic E-state index is 13.3. The zero-order chi connectivity index (χ0) is 31.2. The number of fused-ring (bicyclic) bond motifs is 1. The summed E-state index contributed by atoms with van der Waals surface area (Å²) in [7, 11) is 0. The van der Waals surface area contributed by atoms with Crippen LogP contribution in [0.25, 0.3) is 33.5 Å². The average molecular weight is 611 g/mol. The first-order valence-electron chi connectivity index (χ1n) is 15.2. The van der Waals surface area contributed by atoms with Gasteiger partial charge in [-0.2, -0.15) is 9.78 Å². The molecule has 0 aliphatic heterocycles. The molecule has 6 rings (SSSR count). The van der Waals surface area contributed by atoms with E-state index in [0.29, 0.717) is 42.4 Å². The number of benzene rings is 3. The quantitative estimate of drug-likeness (QED) is 0.112. The van der Waals surface area contributed by atoms with Crippen LogP contribution in [0.3, 0.4) is 0 Å². The van der Waals surface area contributed by atoms with Crippen molar-refractivity contribution in [1.29, 1.82) is 0 Å². The maximum Gasteiger partial charge on any atom is 0.550 e. The Labute approximate surface area is 259 Å². The van der Waals surface area contributed by atoms with Crippen molar-refractivity contribution in [3.05, 3.63) is 77.4 Å². The van der Waals surface area contributed by atoms with E-state index in [1.165, 1.54) is 0 Å². The highest BCUT2D eigenvalue weighted by atomic mass is 17.2. The molecule has 1 N–H and O–H groups in total. The first kappa shape index (κ1) is 29.8. The fourth-order valence-electron chi connectivity index (χ4n) is 5.75. The standard InChI is InChI=1S/C33H34N6O6/c1-3-22-18-19-27(31(40)44-45-33(41)43-24-10-6-5-7-11-24)29-28(22)34-32(42-4-2)39(29)20-21-14-16-23(17-15-21)25-12-8-9-13-26(25)30-35-37-38-36-30/h8-9,12-19,24H,3-7,10-11,20H2,1-2H3,(H,35,36,37,38). The van der Waals surface area contributed by atoms with E-state index in [1.807, 2.05) is 73.0 Å². The van der Waals surface area contributed by atoms with Gasteiger partial charge in [0.1, 0.15) is 6.10 Å². The second-order valence-corrected chi connectivity index (χ2v) is 10.8. The van der Waals surface area contributed by atoms with Gasteiger partial charge in [-0.1, -0.05) is 67.9 Å². The van der Waals surface area contributed by atoms with Gasteiger partial charge in [-0.25, -0.2) is 19.7 Å². The van der Waals surface area contributed by atoms with Crippen molar-refractivity contribution >= 4 is 23.2 Å². The van der Waals surface area contributed by atoms with Crippen LogP contribution in [0.4, 0.5) is 4.79 Å². The SMILES string of the molecule is CCOc1nc2c(CC)ccc(C(=O)OOC(=O)OC3CCCCC3)c2n1Cc1ccc(-c2ccccc2-c2nnn[nH]2)cc1. The summed E-state index contributed by atoms with van der Waals surface area (Å²) >= 11 is 0. The van der Waals surface area contributed by atoms with E-state index in [-0.39, 0.29) is 11.7 Å². The normalized spacial score (nSPS) is 13.5. The summed E-state index contributed by atoms with van der Waals surface area (Å²) in [4.78, 5) is 40.1. The second-order valence-electron chi connectivity index (χ2n) is 10.8. The molecule has 12 heteroatoms. The third-order valence-corrected chi connectivity index (χ3v) is 7.95. The van der Waals surface area contributed by atoms with Gasteiger partial charge in [0.2, 0.25) is 0 Å². The summed E-state index contributed by atoms with van der Waals surface area (Å²) in [6.45, 7) is 4.63. The predicted molar refractivity (Wildman–Crippen MR) is 164 cm³/mol. The van der Waals surface area contributed by atoms with Gasteiger partial charge in [-0.05, 0) is 77.8 Å². The molecule has 0 spiro atoms. The zero-order valence-corrected chi connectivity index (χ0v) is 25.2. The van der Waals surface area contributed by atoms with E-state index in [9.17, 15) is 9.59 Å². The molecular weight excluding hydrogens is 576 g/mol. The van der Waals surface area contributed by atoms with E-state index < -0.39 is 12.1 Å². The van der Waals surface area contributed by atoms with Gasteiger partial charge in [0.05, 0.1) is 29.7 Å². The summed E-state index contributed by atoms with van der Waals surface area (Å²) in [5.74, 6) is -0.250. The number of H-pyrrole nitrogens is 1. The Morgan fingerprint density at radius 1 is 0.933 bits per heavy atom. The van der Waals surface area contributed by atoms with Gasteiger partial charge in [0.25, 0.3) is 6.01 Å². The van der Waals surface area contributed by atoms with Gasteiger partial charge < -0.3 is 9.47 Å². The number of carbonyl (C=O) groups excluding carboxylic acids is 2. The van der Waals surface area contributed by atoms with Gasteiger partial charge in [-0.15, -0.1) is 5.10 Å². The highest BCUT2D eigenvalue weighted by Gasteiger charge is 2.25. The molecule has 0 amide bonds. The van der Waals surface area contributed by atoms with E-state index >= 15 is 0 Å². The molecule has 232 valence electrons. The van der Waals surface area contributed by atoms with E-state index in [1.54, 1.807) is 6.07 Å². The third-order valence-electron chi connectivity index (χ3n) is 7.95. The van der Waals surface area contributed by atoms with Crippen molar-refractivity contribution in [3.8, 4) is 28.5 Å². The van der Waals surface area contributed by atoms with Crippen LogP contribution in [-0.2, 0) is 27.5 Å². The summed E-state index contributed by atoms with van der Waals surface area (Å²) in [6.07, 6.45) is 4.07. The van der Waals surface area contributed by atoms with Crippen LogP contribution in [0.1, 0.15) is 67.4 Å². The number of ether oxygens (including phenoxy) is 2. The first-order chi connectivity index (χ1) is 22.1. The smallest absolute Gasteiger partial charge is 0.465 e. The summed E-state index contributed by atoms with van der Waals surface area (Å²) in [5, 5.41) is 14.3. The van der Waals surface area contributed by atoms with Crippen LogP contribution in [0.2, 0.25) is 0 Å². The molecule has 2 heterocycles. The molecule has 1 aliphatic carbocycles. The number of aryl methyl sites for hydroxylation is 1. The molecule has 3 aromatic carbocycles. The number of hydrogen-bond donors (Lipinski definition) is 1.